The van der Waals surface area contributed by atoms with E-state index in [1.165, 1.54) is 16.3 Å². The van der Waals surface area contributed by atoms with Crippen LogP contribution in [0.25, 0.3) is 0 Å². The molecule has 2 aromatic heterocycles. The van der Waals surface area contributed by atoms with Crippen LogP contribution in [0, 0.1) is 5.41 Å². The lowest BCUT2D eigenvalue weighted by atomic mass is 10.3. The Labute approximate surface area is 101 Å². The van der Waals surface area contributed by atoms with Gasteiger partial charge in [0.1, 0.15) is 11.5 Å². The molecule has 0 aromatic carbocycles. The van der Waals surface area contributed by atoms with E-state index in [9.17, 15) is 4.79 Å². The molecule has 0 bridgehead atoms. The summed E-state index contributed by atoms with van der Waals surface area (Å²) in [7, 11) is 1.63. The first-order chi connectivity index (χ1) is 8.08. The van der Waals surface area contributed by atoms with Crippen LogP contribution in [0.5, 0.6) is 0 Å². The Hall–Kier alpha value is -2.09. The summed E-state index contributed by atoms with van der Waals surface area (Å²) < 4.78 is 1.40. The van der Waals surface area contributed by atoms with E-state index in [0.717, 1.165) is 4.90 Å². The van der Waals surface area contributed by atoms with Crippen molar-refractivity contribution >= 4 is 17.6 Å². The Bertz CT molecular complexity index is 616. The van der Waals surface area contributed by atoms with Gasteiger partial charge in [-0.05, 0) is 23.9 Å². The zero-order valence-corrected chi connectivity index (χ0v) is 9.78. The van der Waals surface area contributed by atoms with Crippen molar-refractivity contribution in [3.63, 3.8) is 0 Å². The number of H-pyrrole nitrogens is 1. The molecule has 2 heterocycles. The second-order valence-electron chi connectivity index (χ2n) is 3.26. The van der Waals surface area contributed by atoms with E-state index in [2.05, 4.69) is 15.2 Å². The molecule has 2 rings (SSSR count). The number of rotatable bonds is 3. The zero-order chi connectivity index (χ0) is 12.4. The molecule has 7 nitrogen and oxygen atoms in total. The largest absolute Gasteiger partial charge is 0.382 e. The summed E-state index contributed by atoms with van der Waals surface area (Å²) >= 11 is 1.29. The number of pyridine rings is 1. The third-order valence-electron chi connectivity index (χ3n) is 2.06. The van der Waals surface area contributed by atoms with Crippen LogP contribution in [-0.2, 0) is 7.05 Å². The van der Waals surface area contributed by atoms with Crippen molar-refractivity contribution < 1.29 is 0 Å². The van der Waals surface area contributed by atoms with Crippen molar-refractivity contribution in [3.8, 4) is 0 Å². The number of aromatic nitrogens is 4. The molecule has 0 fully saturated rings. The van der Waals surface area contributed by atoms with Gasteiger partial charge in [-0.1, -0.05) is 0 Å². The van der Waals surface area contributed by atoms with Gasteiger partial charge in [0, 0.05) is 18.1 Å². The summed E-state index contributed by atoms with van der Waals surface area (Å²) in [5.74, 6) is -0.0941. The van der Waals surface area contributed by atoms with Gasteiger partial charge in [0.25, 0.3) is 0 Å². The number of nitrogens with two attached hydrogens (primary N) is 1. The number of aromatic amines is 1. The Balaban J connectivity index is 2.30. The number of nitrogens with one attached hydrogen (secondary N) is 2. The molecule has 0 spiro atoms. The lowest BCUT2D eigenvalue weighted by molar-refractivity contribution is 0.766. The van der Waals surface area contributed by atoms with E-state index >= 15 is 0 Å². The summed E-state index contributed by atoms with van der Waals surface area (Å²) in [5, 5.41) is 14.0. The monoisotopic (exact) mass is 250 g/mol. The highest BCUT2D eigenvalue weighted by Crippen LogP contribution is 2.24. The Morgan fingerprint density at radius 1 is 1.65 bits per heavy atom. The van der Waals surface area contributed by atoms with Crippen LogP contribution >= 0.6 is 11.8 Å². The van der Waals surface area contributed by atoms with E-state index in [4.69, 9.17) is 11.1 Å². The SMILES string of the molecule is Cn1c(Sc2ccnc(C(=N)N)c2)n[nH]c1=O. The highest BCUT2D eigenvalue weighted by molar-refractivity contribution is 7.99. The first-order valence-corrected chi connectivity index (χ1v) is 5.49. The van der Waals surface area contributed by atoms with Crippen LogP contribution < -0.4 is 11.4 Å². The maximum atomic E-state index is 11.2. The summed E-state index contributed by atoms with van der Waals surface area (Å²) in [4.78, 5) is 15.9. The molecular formula is C9H10N6OS. The average Bonchev–Trinajstić information content (AvgIpc) is 2.61. The van der Waals surface area contributed by atoms with Crippen LogP contribution in [0.2, 0.25) is 0 Å². The zero-order valence-electron chi connectivity index (χ0n) is 8.97. The second kappa shape index (κ2) is 4.42. The molecule has 0 unspecified atom stereocenters. The van der Waals surface area contributed by atoms with Crippen LogP contribution in [0.1, 0.15) is 5.69 Å². The second-order valence-corrected chi connectivity index (χ2v) is 4.30. The van der Waals surface area contributed by atoms with Gasteiger partial charge in [0.05, 0.1) is 0 Å². The third-order valence-corrected chi connectivity index (χ3v) is 3.09. The number of hydrogen-bond donors (Lipinski definition) is 3. The van der Waals surface area contributed by atoms with E-state index in [0.29, 0.717) is 10.9 Å². The van der Waals surface area contributed by atoms with Crippen molar-refractivity contribution in [2.24, 2.45) is 12.8 Å². The molecule has 0 saturated heterocycles. The predicted molar refractivity (Wildman–Crippen MR) is 63.2 cm³/mol. The van der Waals surface area contributed by atoms with Gasteiger partial charge in [-0.15, -0.1) is 5.10 Å². The van der Waals surface area contributed by atoms with E-state index < -0.39 is 0 Å². The van der Waals surface area contributed by atoms with Gasteiger partial charge in [-0.25, -0.2) is 9.89 Å². The molecule has 0 aliphatic carbocycles. The molecule has 17 heavy (non-hydrogen) atoms. The summed E-state index contributed by atoms with van der Waals surface area (Å²) in [6.45, 7) is 0. The normalized spacial score (nSPS) is 10.4. The quantitative estimate of drug-likeness (QED) is 0.521. The van der Waals surface area contributed by atoms with Gasteiger partial charge in [0.15, 0.2) is 5.16 Å². The molecule has 0 radical (unpaired) electrons. The van der Waals surface area contributed by atoms with Crippen LogP contribution in [0.15, 0.2) is 33.2 Å². The van der Waals surface area contributed by atoms with Gasteiger partial charge in [-0.3, -0.25) is 15.0 Å². The first kappa shape index (κ1) is 11.4. The Morgan fingerprint density at radius 2 is 2.41 bits per heavy atom. The average molecular weight is 250 g/mol. The molecule has 8 heteroatoms. The lowest BCUT2D eigenvalue weighted by Gasteiger charge is -2.02. The maximum absolute atomic E-state index is 11.2. The number of amidine groups is 1. The Morgan fingerprint density at radius 3 is 3.00 bits per heavy atom. The fraction of sp³-hybridized carbons (Fsp3) is 0.111. The first-order valence-electron chi connectivity index (χ1n) is 4.67. The van der Waals surface area contributed by atoms with Crippen molar-refractivity contribution in [1.82, 2.24) is 19.7 Å². The van der Waals surface area contributed by atoms with Crippen molar-refractivity contribution in [1.29, 1.82) is 5.41 Å². The lowest BCUT2D eigenvalue weighted by Crippen LogP contribution is -2.13. The molecule has 88 valence electrons. The van der Waals surface area contributed by atoms with Crippen molar-refractivity contribution in [3.05, 3.63) is 34.5 Å². The molecule has 0 saturated carbocycles. The molecule has 0 aliphatic rings. The highest BCUT2D eigenvalue weighted by Gasteiger charge is 2.07. The standard InChI is InChI=1S/C9H10N6OS/c1-15-8(16)13-14-9(15)17-5-2-3-12-6(4-5)7(10)11/h2-4H,1H3,(H3,10,11)(H,13,16). The minimum atomic E-state index is -0.270. The van der Waals surface area contributed by atoms with Gasteiger partial charge >= 0.3 is 5.69 Å². The maximum Gasteiger partial charge on any atom is 0.343 e. The number of hydrogen-bond acceptors (Lipinski definition) is 5. The fourth-order valence-electron chi connectivity index (χ4n) is 1.15. The molecule has 0 amide bonds. The van der Waals surface area contributed by atoms with Gasteiger partial charge < -0.3 is 5.73 Å². The summed E-state index contributed by atoms with van der Waals surface area (Å²) in [6.07, 6.45) is 1.56. The number of nitrogen functional groups attached to an aromatic ring is 1. The molecule has 2 aromatic rings. The fourth-order valence-corrected chi connectivity index (χ4v) is 1.97. The van der Waals surface area contributed by atoms with Crippen molar-refractivity contribution in [2.75, 3.05) is 0 Å². The van der Waals surface area contributed by atoms with Crippen LogP contribution in [0.4, 0.5) is 0 Å². The summed E-state index contributed by atoms with van der Waals surface area (Å²) in [6, 6.07) is 3.43. The third kappa shape index (κ3) is 2.36. The topological polar surface area (TPSA) is 113 Å². The highest BCUT2D eigenvalue weighted by atomic mass is 32.2. The Kier molecular flexibility index (Phi) is 2.96. The molecular weight excluding hydrogens is 240 g/mol. The van der Waals surface area contributed by atoms with Crippen LogP contribution in [0.3, 0.4) is 0 Å². The van der Waals surface area contributed by atoms with Crippen molar-refractivity contribution in [2.45, 2.75) is 10.1 Å². The number of nitrogens with zero attached hydrogens (tertiary/aromatic N) is 3. The molecule has 0 atom stereocenters. The smallest absolute Gasteiger partial charge is 0.343 e. The van der Waals surface area contributed by atoms with E-state index in [-0.39, 0.29) is 11.5 Å². The minimum Gasteiger partial charge on any atom is -0.382 e. The summed E-state index contributed by atoms with van der Waals surface area (Å²) in [5.41, 5.74) is 5.47. The van der Waals surface area contributed by atoms with E-state index in [1.807, 2.05) is 0 Å². The molecule has 0 aliphatic heterocycles. The van der Waals surface area contributed by atoms with Gasteiger partial charge in [0.2, 0.25) is 0 Å². The van der Waals surface area contributed by atoms with Crippen LogP contribution in [-0.4, -0.2) is 25.6 Å². The minimum absolute atomic E-state index is 0.0941. The molecule has 4 N–H and O–H groups in total. The van der Waals surface area contributed by atoms with E-state index in [1.54, 1.807) is 25.4 Å². The van der Waals surface area contributed by atoms with Gasteiger partial charge in [-0.2, -0.15) is 0 Å². The predicted octanol–water partition coefficient (Wildman–Crippen LogP) is -0.0613.